The van der Waals surface area contributed by atoms with Crippen molar-refractivity contribution < 1.29 is 39.5 Å². The fourth-order valence-corrected chi connectivity index (χ4v) is 0.836. The number of hydrogen-bond acceptors (Lipinski definition) is 0. The SMILES string of the molecule is F/C(=C(/Br)C(F)(F)C(F)(F)F)C(F)(F)F. The van der Waals surface area contributed by atoms with Gasteiger partial charge in [0.1, 0.15) is 4.48 Å². The van der Waals surface area contributed by atoms with Crippen LogP contribution in [-0.2, 0) is 0 Å². The van der Waals surface area contributed by atoms with E-state index in [9.17, 15) is 39.5 Å². The third-order valence-electron chi connectivity index (χ3n) is 1.07. The van der Waals surface area contributed by atoms with E-state index in [2.05, 4.69) is 0 Å². The summed E-state index contributed by atoms with van der Waals surface area (Å²) in [6, 6.07) is 0. The van der Waals surface area contributed by atoms with E-state index in [1.54, 1.807) is 0 Å². The average molecular weight is 311 g/mol. The minimum atomic E-state index is -6.31. The highest BCUT2D eigenvalue weighted by Crippen LogP contribution is 2.47. The van der Waals surface area contributed by atoms with Gasteiger partial charge < -0.3 is 0 Å². The van der Waals surface area contributed by atoms with Gasteiger partial charge in [0.15, 0.2) is 0 Å². The van der Waals surface area contributed by atoms with E-state index in [1.807, 2.05) is 0 Å². The monoisotopic (exact) mass is 310 g/mol. The Morgan fingerprint density at radius 1 is 0.800 bits per heavy atom. The summed E-state index contributed by atoms with van der Waals surface area (Å²) in [7, 11) is 0. The predicted octanol–water partition coefficient (Wildman–Crippen LogP) is 4.32. The van der Waals surface area contributed by atoms with Gasteiger partial charge in [-0.15, -0.1) is 0 Å². The van der Waals surface area contributed by atoms with Crippen molar-refractivity contribution in [1.82, 2.24) is 0 Å². The molecule has 15 heavy (non-hydrogen) atoms. The molecule has 0 atom stereocenters. The van der Waals surface area contributed by atoms with Crippen LogP contribution in [0.3, 0.4) is 0 Å². The Balaban J connectivity index is 5.44. The fourth-order valence-electron chi connectivity index (χ4n) is 0.387. The van der Waals surface area contributed by atoms with Crippen molar-refractivity contribution in [3.63, 3.8) is 0 Å². The number of hydrogen-bond donors (Lipinski definition) is 0. The van der Waals surface area contributed by atoms with Gasteiger partial charge in [-0.05, 0) is 15.9 Å². The molecule has 0 amide bonds. The van der Waals surface area contributed by atoms with Crippen LogP contribution in [0.15, 0.2) is 10.3 Å². The lowest BCUT2D eigenvalue weighted by molar-refractivity contribution is -0.262. The maximum absolute atomic E-state index is 12.1. The van der Waals surface area contributed by atoms with E-state index in [-0.39, 0.29) is 0 Å². The zero-order chi connectivity index (χ0) is 12.7. The Labute approximate surface area is 84.9 Å². The Kier molecular flexibility index (Phi) is 3.77. The molecular weight excluding hydrogens is 311 g/mol. The Morgan fingerprint density at radius 3 is 1.33 bits per heavy atom. The van der Waals surface area contributed by atoms with Crippen LogP contribution in [0, 0.1) is 0 Å². The summed E-state index contributed by atoms with van der Waals surface area (Å²) in [6.07, 6.45) is -12.2. The number of alkyl halides is 8. The minimum Gasteiger partial charge on any atom is -0.201 e. The maximum Gasteiger partial charge on any atom is 0.458 e. The predicted molar refractivity (Wildman–Crippen MR) is 34.1 cm³/mol. The fraction of sp³-hybridized carbons (Fsp3) is 0.600. The Bertz CT molecular complexity index is 269. The molecule has 0 bridgehead atoms. The van der Waals surface area contributed by atoms with Crippen molar-refractivity contribution >= 4 is 15.9 Å². The van der Waals surface area contributed by atoms with Gasteiger partial charge in [0.05, 0.1) is 0 Å². The first-order valence-electron chi connectivity index (χ1n) is 2.89. The lowest BCUT2D eigenvalue weighted by atomic mass is 10.3. The molecule has 0 aromatic carbocycles. The van der Waals surface area contributed by atoms with Crippen LogP contribution in [-0.4, -0.2) is 18.3 Å². The molecule has 0 aliphatic rings. The summed E-state index contributed by atoms with van der Waals surface area (Å²) in [5.74, 6) is -9.45. The first kappa shape index (κ1) is 14.6. The zero-order valence-corrected chi connectivity index (χ0v) is 7.87. The van der Waals surface area contributed by atoms with Gasteiger partial charge in [0.25, 0.3) is 0 Å². The third kappa shape index (κ3) is 3.02. The largest absolute Gasteiger partial charge is 0.458 e. The molecular formula is C5BrF9. The summed E-state index contributed by atoms with van der Waals surface area (Å²) < 4.78 is 102. The highest BCUT2D eigenvalue weighted by Gasteiger charge is 2.62. The molecule has 0 aromatic heterocycles. The quantitative estimate of drug-likeness (QED) is 0.633. The lowest BCUT2D eigenvalue weighted by Gasteiger charge is -2.20. The minimum absolute atomic E-state index is 1.25. The second-order valence-electron chi connectivity index (χ2n) is 2.20. The van der Waals surface area contributed by atoms with Crippen LogP contribution in [0.1, 0.15) is 0 Å². The van der Waals surface area contributed by atoms with Gasteiger partial charge in [0, 0.05) is 0 Å². The Hall–Kier alpha value is -0.410. The summed E-state index contributed by atoms with van der Waals surface area (Å²) in [5, 5.41) is 0. The molecule has 0 nitrogen and oxygen atoms in total. The molecule has 0 heterocycles. The summed E-state index contributed by atoms with van der Waals surface area (Å²) in [5.41, 5.74) is 0. The summed E-state index contributed by atoms with van der Waals surface area (Å²) in [4.78, 5) is 0. The van der Waals surface area contributed by atoms with Gasteiger partial charge >= 0.3 is 18.3 Å². The van der Waals surface area contributed by atoms with E-state index in [0.29, 0.717) is 0 Å². The maximum atomic E-state index is 12.1. The van der Waals surface area contributed by atoms with Crippen LogP contribution in [0.5, 0.6) is 0 Å². The van der Waals surface area contributed by atoms with Crippen LogP contribution in [0.4, 0.5) is 39.5 Å². The molecule has 0 aromatic rings. The Morgan fingerprint density at radius 2 is 1.13 bits per heavy atom. The van der Waals surface area contributed by atoms with Crippen LogP contribution in [0.2, 0.25) is 0 Å². The third-order valence-corrected chi connectivity index (χ3v) is 1.92. The second kappa shape index (κ2) is 3.87. The molecule has 0 fully saturated rings. The number of allylic oxidation sites excluding steroid dienone is 2. The molecule has 10 heteroatoms. The number of halogens is 10. The first-order chi connectivity index (χ1) is 6.32. The molecule has 90 valence electrons. The zero-order valence-electron chi connectivity index (χ0n) is 6.28. The molecule has 0 aliphatic carbocycles. The normalized spacial score (nSPS) is 16.4. The van der Waals surface area contributed by atoms with E-state index in [4.69, 9.17) is 0 Å². The molecule has 0 saturated carbocycles. The summed E-state index contributed by atoms with van der Waals surface area (Å²) in [6.45, 7) is 0. The van der Waals surface area contributed by atoms with Gasteiger partial charge in [-0.1, -0.05) is 0 Å². The van der Waals surface area contributed by atoms with Gasteiger partial charge in [0.2, 0.25) is 5.83 Å². The van der Waals surface area contributed by atoms with Crippen molar-refractivity contribution in [3.8, 4) is 0 Å². The second-order valence-corrected chi connectivity index (χ2v) is 2.99. The van der Waals surface area contributed by atoms with Crippen molar-refractivity contribution in [3.05, 3.63) is 10.3 Å². The van der Waals surface area contributed by atoms with E-state index >= 15 is 0 Å². The van der Waals surface area contributed by atoms with Crippen molar-refractivity contribution in [2.24, 2.45) is 0 Å². The van der Waals surface area contributed by atoms with Crippen molar-refractivity contribution in [2.75, 3.05) is 0 Å². The van der Waals surface area contributed by atoms with Gasteiger partial charge in [-0.25, -0.2) is 4.39 Å². The lowest BCUT2D eigenvalue weighted by Crippen LogP contribution is -2.38. The molecule has 0 saturated heterocycles. The highest BCUT2D eigenvalue weighted by molar-refractivity contribution is 9.11. The molecule has 0 aliphatic heterocycles. The molecule has 0 radical (unpaired) electrons. The van der Waals surface area contributed by atoms with Crippen molar-refractivity contribution in [2.45, 2.75) is 18.3 Å². The van der Waals surface area contributed by atoms with Crippen molar-refractivity contribution in [1.29, 1.82) is 0 Å². The van der Waals surface area contributed by atoms with E-state index in [1.165, 1.54) is 15.9 Å². The summed E-state index contributed by atoms with van der Waals surface area (Å²) >= 11 is 1.25. The van der Waals surface area contributed by atoms with E-state index < -0.39 is 28.6 Å². The molecule has 0 rings (SSSR count). The molecule has 0 spiro atoms. The van der Waals surface area contributed by atoms with Crippen LogP contribution in [0.25, 0.3) is 0 Å². The van der Waals surface area contributed by atoms with Gasteiger partial charge in [-0.2, -0.15) is 35.1 Å². The van der Waals surface area contributed by atoms with Gasteiger partial charge in [-0.3, -0.25) is 0 Å². The average Bonchev–Trinajstić information content (AvgIpc) is 1.97. The first-order valence-corrected chi connectivity index (χ1v) is 3.68. The smallest absolute Gasteiger partial charge is 0.201 e. The van der Waals surface area contributed by atoms with Crippen LogP contribution < -0.4 is 0 Å². The highest BCUT2D eigenvalue weighted by atomic mass is 79.9. The number of rotatable bonds is 1. The van der Waals surface area contributed by atoms with Crippen LogP contribution >= 0.6 is 15.9 Å². The topological polar surface area (TPSA) is 0 Å². The van der Waals surface area contributed by atoms with E-state index in [0.717, 1.165) is 0 Å². The molecule has 0 unspecified atom stereocenters. The molecule has 0 N–H and O–H groups in total. The standard InChI is InChI=1S/C5BrF9/c6-1(2(7)4(10,11)12)3(8,9)5(13,14)15/b2-1+.